The van der Waals surface area contributed by atoms with Crippen molar-refractivity contribution in [2.75, 3.05) is 0 Å². The predicted octanol–water partition coefficient (Wildman–Crippen LogP) is 2.04. The molecule has 2 aromatic rings. The van der Waals surface area contributed by atoms with E-state index in [1.807, 2.05) is 12.4 Å². The van der Waals surface area contributed by atoms with Crippen molar-refractivity contribution in [3.05, 3.63) is 47.5 Å². The van der Waals surface area contributed by atoms with Gasteiger partial charge in [-0.2, -0.15) is 5.26 Å². The summed E-state index contributed by atoms with van der Waals surface area (Å²) in [4.78, 5) is 4.33. The van der Waals surface area contributed by atoms with Gasteiger partial charge in [0.15, 0.2) is 0 Å². The van der Waals surface area contributed by atoms with E-state index < -0.39 is 0 Å². The Kier molecular flexibility index (Phi) is 2.00. The van der Waals surface area contributed by atoms with Gasteiger partial charge in [-0.15, -0.1) is 0 Å². The molecule has 3 rings (SSSR count). The Hall–Kier alpha value is -2.08. The molecule has 0 amide bonds. The molecule has 3 heteroatoms. The molecule has 0 bridgehead atoms. The van der Waals surface area contributed by atoms with Crippen molar-refractivity contribution in [2.45, 2.75) is 19.3 Å². The van der Waals surface area contributed by atoms with Gasteiger partial charge in [0, 0.05) is 11.4 Å². The van der Waals surface area contributed by atoms with E-state index >= 15 is 0 Å². The highest BCUT2D eigenvalue weighted by Crippen LogP contribution is 2.26. The van der Waals surface area contributed by atoms with Crippen LogP contribution in [0.1, 0.15) is 17.0 Å². The molecule has 2 heterocycles. The van der Waals surface area contributed by atoms with Gasteiger partial charge in [0.25, 0.3) is 0 Å². The normalized spacial score (nSPS) is 12.7. The van der Waals surface area contributed by atoms with Crippen LogP contribution in [0.2, 0.25) is 0 Å². The summed E-state index contributed by atoms with van der Waals surface area (Å²) >= 11 is 0. The van der Waals surface area contributed by atoms with Crippen LogP contribution in [0.25, 0.3) is 5.69 Å². The molecule has 0 saturated heterocycles. The van der Waals surface area contributed by atoms with E-state index in [0.717, 1.165) is 18.5 Å². The van der Waals surface area contributed by atoms with E-state index in [1.165, 1.54) is 16.9 Å². The average Bonchev–Trinajstić information content (AvgIpc) is 2.73. The largest absolute Gasteiger partial charge is 0.303 e. The first-order chi connectivity index (χ1) is 7.90. The van der Waals surface area contributed by atoms with Crippen LogP contribution >= 0.6 is 0 Å². The predicted molar refractivity (Wildman–Crippen MR) is 60.3 cm³/mol. The summed E-state index contributed by atoms with van der Waals surface area (Å²) in [6, 6.07) is 10.5. The lowest BCUT2D eigenvalue weighted by Crippen LogP contribution is -2.11. The van der Waals surface area contributed by atoms with Crippen molar-refractivity contribution in [2.24, 2.45) is 0 Å². The lowest BCUT2D eigenvalue weighted by Gasteiger charge is -2.19. The van der Waals surface area contributed by atoms with Gasteiger partial charge in [-0.1, -0.05) is 18.2 Å². The van der Waals surface area contributed by atoms with Crippen molar-refractivity contribution < 1.29 is 0 Å². The molecule has 0 N–H and O–H groups in total. The second-order valence-corrected chi connectivity index (χ2v) is 3.97. The van der Waals surface area contributed by atoms with Gasteiger partial charge in [0.1, 0.15) is 0 Å². The highest BCUT2D eigenvalue weighted by molar-refractivity contribution is 5.46. The number of imidazole rings is 1. The topological polar surface area (TPSA) is 41.6 Å². The summed E-state index contributed by atoms with van der Waals surface area (Å²) in [5.74, 6) is 0. The van der Waals surface area contributed by atoms with Crippen LogP contribution < -0.4 is 0 Å². The summed E-state index contributed by atoms with van der Waals surface area (Å²) in [5, 5.41) is 8.74. The first-order valence-corrected chi connectivity index (χ1v) is 5.40. The van der Waals surface area contributed by atoms with E-state index in [2.05, 4.69) is 33.8 Å². The number of aromatic nitrogens is 2. The zero-order valence-corrected chi connectivity index (χ0v) is 8.85. The van der Waals surface area contributed by atoms with E-state index in [-0.39, 0.29) is 0 Å². The van der Waals surface area contributed by atoms with E-state index in [9.17, 15) is 0 Å². The average molecular weight is 209 g/mol. The van der Waals surface area contributed by atoms with Crippen molar-refractivity contribution in [3.63, 3.8) is 0 Å². The number of hydrogen-bond donors (Lipinski definition) is 0. The SMILES string of the molecule is N#CCc1ncn2c1CCc1ccccc1-2. The monoisotopic (exact) mass is 209 g/mol. The summed E-state index contributed by atoms with van der Waals surface area (Å²) in [7, 11) is 0. The van der Waals surface area contributed by atoms with Crippen molar-refractivity contribution in [3.8, 4) is 11.8 Å². The number of nitrogens with zero attached hydrogens (tertiary/aromatic N) is 3. The zero-order chi connectivity index (χ0) is 11.0. The molecule has 0 spiro atoms. The van der Waals surface area contributed by atoms with Crippen LogP contribution in [0.15, 0.2) is 30.6 Å². The van der Waals surface area contributed by atoms with Crippen molar-refractivity contribution in [1.82, 2.24) is 9.55 Å². The molecule has 1 aliphatic heterocycles. The minimum Gasteiger partial charge on any atom is -0.303 e. The fraction of sp³-hybridized carbons (Fsp3) is 0.231. The van der Waals surface area contributed by atoms with Gasteiger partial charge < -0.3 is 4.57 Å². The van der Waals surface area contributed by atoms with Gasteiger partial charge in [-0.05, 0) is 24.5 Å². The Bertz CT molecular complexity index is 575. The lowest BCUT2D eigenvalue weighted by molar-refractivity contribution is 0.798. The number of nitriles is 1. The number of aryl methyl sites for hydroxylation is 1. The van der Waals surface area contributed by atoms with Crippen LogP contribution in [0.4, 0.5) is 0 Å². The Morgan fingerprint density at radius 1 is 1.31 bits per heavy atom. The van der Waals surface area contributed by atoms with Gasteiger partial charge >= 0.3 is 0 Å². The Morgan fingerprint density at radius 3 is 3.06 bits per heavy atom. The Morgan fingerprint density at radius 2 is 2.19 bits per heavy atom. The van der Waals surface area contributed by atoms with Gasteiger partial charge in [0.05, 0.1) is 24.5 Å². The van der Waals surface area contributed by atoms with E-state index in [1.54, 1.807) is 0 Å². The van der Waals surface area contributed by atoms with Crippen LogP contribution in [0, 0.1) is 11.3 Å². The molecular weight excluding hydrogens is 198 g/mol. The maximum Gasteiger partial charge on any atom is 0.0998 e. The summed E-state index contributed by atoms with van der Waals surface area (Å²) in [5.41, 5.74) is 4.69. The molecule has 0 atom stereocenters. The molecule has 1 aromatic carbocycles. The zero-order valence-electron chi connectivity index (χ0n) is 8.85. The van der Waals surface area contributed by atoms with E-state index in [4.69, 9.17) is 5.26 Å². The number of para-hydroxylation sites is 1. The molecule has 0 saturated carbocycles. The van der Waals surface area contributed by atoms with Crippen LogP contribution in [0.5, 0.6) is 0 Å². The number of hydrogen-bond acceptors (Lipinski definition) is 2. The number of benzene rings is 1. The first-order valence-electron chi connectivity index (χ1n) is 5.40. The van der Waals surface area contributed by atoms with Crippen molar-refractivity contribution in [1.29, 1.82) is 5.26 Å². The third-order valence-electron chi connectivity index (χ3n) is 3.08. The summed E-state index contributed by atoms with van der Waals surface area (Å²) < 4.78 is 2.12. The minimum atomic E-state index is 0.407. The molecule has 1 aromatic heterocycles. The highest BCUT2D eigenvalue weighted by Gasteiger charge is 2.18. The molecule has 1 aliphatic rings. The number of fused-ring (bicyclic) bond motifs is 3. The minimum absolute atomic E-state index is 0.407. The molecule has 3 nitrogen and oxygen atoms in total. The quantitative estimate of drug-likeness (QED) is 0.721. The first kappa shape index (κ1) is 9.17. The molecule has 78 valence electrons. The molecule has 0 fully saturated rings. The van der Waals surface area contributed by atoms with E-state index in [0.29, 0.717) is 6.42 Å². The van der Waals surface area contributed by atoms with Gasteiger partial charge in [-0.3, -0.25) is 0 Å². The third kappa shape index (κ3) is 1.24. The lowest BCUT2D eigenvalue weighted by atomic mass is 10.0. The maximum absolute atomic E-state index is 8.74. The van der Waals surface area contributed by atoms with Gasteiger partial charge in [0.2, 0.25) is 0 Å². The fourth-order valence-corrected chi connectivity index (χ4v) is 2.32. The third-order valence-corrected chi connectivity index (χ3v) is 3.08. The second kappa shape index (κ2) is 3.49. The molecular formula is C13H11N3. The smallest absolute Gasteiger partial charge is 0.0998 e. The highest BCUT2D eigenvalue weighted by atomic mass is 15.1. The Balaban J connectivity index is 2.16. The van der Waals surface area contributed by atoms with Crippen molar-refractivity contribution >= 4 is 0 Å². The standard InChI is InChI=1S/C13H11N3/c14-8-7-11-13-6-5-10-3-1-2-4-12(10)16(13)9-15-11/h1-4,9H,5-7H2. The maximum atomic E-state index is 8.74. The van der Waals surface area contributed by atoms with Crippen LogP contribution in [-0.4, -0.2) is 9.55 Å². The van der Waals surface area contributed by atoms with Crippen LogP contribution in [0.3, 0.4) is 0 Å². The molecule has 0 radical (unpaired) electrons. The molecule has 0 aliphatic carbocycles. The van der Waals surface area contributed by atoms with Crippen LogP contribution in [-0.2, 0) is 19.3 Å². The van der Waals surface area contributed by atoms with Gasteiger partial charge in [-0.25, -0.2) is 4.98 Å². The summed E-state index contributed by atoms with van der Waals surface area (Å²) in [6.45, 7) is 0. The fourth-order valence-electron chi connectivity index (χ4n) is 2.32. The Labute approximate surface area is 94.0 Å². The summed E-state index contributed by atoms with van der Waals surface area (Å²) in [6.07, 6.45) is 4.26. The molecule has 16 heavy (non-hydrogen) atoms. The molecule has 0 unspecified atom stereocenters. The number of rotatable bonds is 1. The second-order valence-electron chi connectivity index (χ2n) is 3.97.